The zero-order chi connectivity index (χ0) is 14.5. The third kappa shape index (κ3) is 6.40. The first kappa shape index (κ1) is 15.7. The van der Waals surface area contributed by atoms with E-state index in [4.69, 9.17) is 9.73 Å². The maximum atomic E-state index is 11.7. The van der Waals surface area contributed by atoms with E-state index in [1.54, 1.807) is 24.3 Å². The van der Waals surface area contributed by atoms with E-state index in [9.17, 15) is 9.36 Å². The molecule has 1 atom stereocenters. The average Bonchev–Trinajstić information content (AvgIpc) is 2.33. The molecule has 0 aliphatic rings. The van der Waals surface area contributed by atoms with Gasteiger partial charge in [-0.25, -0.2) is 5.48 Å². The molecule has 0 bridgehead atoms. The Morgan fingerprint density at radius 2 is 1.89 bits per heavy atom. The molecule has 0 saturated heterocycles. The van der Waals surface area contributed by atoms with Gasteiger partial charge in [-0.1, -0.05) is 12.1 Å². The number of rotatable bonds is 5. The lowest BCUT2D eigenvalue weighted by atomic mass is 10.1. The van der Waals surface area contributed by atoms with Crippen molar-refractivity contribution in [2.75, 3.05) is 0 Å². The SMILES string of the molecule is CC(C)(C)ONC(=O)c1ccc(CO[P+](=O)O)cc1. The number of carbonyl (C=O) groups is 1. The molecular formula is C12H17NO5P+. The number of benzene rings is 1. The maximum Gasteiger partial charge on any atom is 0.695 e. The Balaban J connectivity index is 2.55. The van der Waals surface area contributed by atoms with Crippen LogP contribution < -0.4 is 5.48 Å². The van der Waals surface area contributed by atoms with Gasteiger partial charge in [0, 0.05) is 10.1 Å². The van der Waals surface area contributed by atoms with E-state index in [-0.39, 0.29) is 12.5 Å². The van der Waals surface area contributed by atoms with E-state index in [0.717, 1.165) is 0 Å². The fraction of sp³-hybridized carbons (Fsp3) is 0.417. The number of hydrogen-bond acceptors (Lipinski definition) is 4. The van der Waals surface area contributed by atoms with Crippen molar-refractivity contribution in [2.24, 2.45) is 0 Å². The molecular weight excluding hydrogens is 269 g/mol. The van der Waals surface area contributed by atoms with Gasteiger partial charge in [-0.05, 0) is 38.5 Å². The molecule has 1 aromatic rings. The van der Waals surface area contributed by atoms with Crippen LogP contribution >= 0.6 is 8.25 Å². The Hall–Kier alpha value is -1.33. The van der Waals surface area contributed by atoms with Crippen LogP contribution in [0.4, 0.5) is 0 Å². The zero-order valence-corrected chi connectivity index (χ0v) is 11.9. The molecule has 0 aliphatic heterocycles. The molecule has 104 valence electrons. The van der Waals surface area contributed by atoms with Gasteiger partial charge in [-0.15, -0.1) is 9.42 Å². The molecule has 0 fully saturated rings. The lowest BCUT2D eigenvalue weighted by Crippen LogP contribution is -2.33. The van der Waals surface area contributed by atoms with Gasteiger partial charge in [0.15, 0.2) is 0 Å². The van der Waals surface area contributed by atoms with E-state index in [0.29, 0.717) is 11.1 Å². The van der Waals surface area contributed by atoms with Gasteiger partial charge in [0.1, 0.15) is 6.61 Å². The molecule has 1 unspecified atom stereocenters. The summed E-state index contributed by atoms with van der Waals surface area (Å²) in [6.45, 7) is 5.49. The second kappa shape index (κ2) is 6.73. The molecule has 0 saturated carbocycles. The summed E-state index contributed by atoms with van der Waals surface area (Å²) in [5.74, 6) is -0.351. The number of amides is 1. The number of carbonyl (C=O) groups excluding carboxylic acids is 1. The molecule has 6 nitrogen and oxygen atoms in total. The largest absolute Gasteiger partial charge is 0.695 e. The van der Waals surface area contributed by atoms with E-state index in [1.807, 2.05) is 20.8 Å². The Morgan fingerprint density at radius 1 is 1.32 bits per heavy atom. The molecule has 19 heavy (non-hydrogen) atoms. The highest BCUT2D eigenvalue weighted by Gasteiger charge is 2.15. The van der Waals surface area contributed by atoms with Gasteiger partial charge in [-0.2, -0.15) is 0 Å². The lowest BCUT2D eigenvalue weighted by Gasteiger charge is -2.18. The summed E-state index contributed by atoms with van der Waals surface area (Å²) >= 11 is 0. The molecule has 0 aliphatic carbocycles. The van der Waals surface area contributed by atoms with Crippen LogP contribution in [0.1, 0.15) is 36.7 Å². The van der Waals surface area contributed by atoms with Crippen molar-refractivity contribution in [3.05, 3.63) is 35.4 Å². The highest BCUT2D eigenvalue weighted by Crippen LogP contribution is 2.18. The van der Waals surface area contributed by atoms with Crippen LogP contribution in [-0.4, -0.2) is 16.4 Å². The maximum absolute atomic E-state index is 11.7. The highest BCUT2D eigenvalue weighted by atomic mass is 31.1. The van der Waals surface area contributed by atoms with Gasteiger partial charge in [0.05, 0.1) is 5.60 Å². The number of hydrogen-bond donors (Lipinski definition) is 2. The van der Waals surface area contributed by atoms with Crippen LogP contribution in [0, 0.1) is 0 Å². The van der Waals surface area contributed by atoms with Crippen molar-refractivity contribution in [2.45, 2.75) is 33.0 Å². The summed E-state index contributed by atoms with van der Waals surface area (Å²) in [7, 11) is -2.61. The highest BCUT2D eigenvalue weighted by molar-refractivity contribution is 7.32. The summed E-state index contributed by atoms with van der Waals surface area (Å²) in [6, 6.07) is 6.46. The Labute approximate surface area is 112 Å². The van der Waals surface area contributed by atoms with E-state index in [2.05, 4.69) is 10.0 Å². The zero-order valence-electron chi connectivity index (χ0n) is 11.0. The van der Waals surface area contributed by atoms with Crippen LogP contribution in [0.5, 0.6) is 0 Å². The van der Waals surface area contributed by atoms with Crippen molar-refractivity contribution in [3.8, 4) is 0 Å². The summed E-state index contributed by atoms with van der Waals surface area (Å²) in [5.41, 5.74) is 3.02. The Bertz CT molecular complexity index is 452. The van der Waals surface area contributed by atoms with Crippen molar-refractivity contribution in [1.82, 2.24) is 5.48 Å². The van der Waals surface area contributed by atoms with Gasteiger partial charge < -0.3 is 0 Å². The molecule has 7 heteroatoms. The quantitative estimate of drug-likeness (QED) is 0.641. The minimum absolute atomic E-state index is 0.0199. The molecule has 1 amide bonds. The summed E-state index contributed by atoms with van der Waals surface area (Å²) in [5, 5.41) is 0. The van der Waals surface area contributed by atoms with Gasteiger partial charge in [0.2, 0.25) is 0 Å². The Morgan fingerprint density at radius 3 is 2.37 bits per heavy atom. The smallest absolute Gasteiger partial charge is 0.268 e. The first-order valence-electron chi connectivity index (χ1n) is 5.64. The van der Waals surface area contributed by atoms with Crippen LogP contribution in [-0.2, 0) is 20.5 Å². The Kier molecular flexibility index (Phi) is 5.57. The molecule has 0 aromatic heterocycles. The predicted octanol–water partition coefficient (Wildman–Crippen LogP) is 2.31. The third-order valence-electron chi connectivity index (χ3n) is 2.01. The van der Waals surface area contributed by atoms with Crippen molar-refractivity contribution >= 4 is 14.2 Å². The number of nitrogens with one attached hydrogen (secondary N) is 1. The summed E-state index contributed by atoms with van der Waals surface area (Å²) < 4.78 is 14.9. The predicted molar refractivity (Wildman–Crippen MR) is 69.4 cm³/mol. The topological polar surface area (TPSA) is 84.9 Å². The standard InChI is InChI=1S/C12H16NO5P/c1-12(2,3)18-13-11(14)10-6-4-9(5-7-10)8-17-19(15)16/h4-7H,8H2,1-3H3,(H-,13,14,15,16)/p+1. The van der Waals surface area contributed by atoms with Crippen molar-refractivity contribution < 1.29 is 23.6 Å². The van der Waals surface area contributed by atoms with Crippen LogP contribution in [0.25, 0.3) is 0 Å². The summed E-state index contributed by atoms with van der Waals surface area (Å²) in [6.07, 6.45) is 0. The van der Waals surface area contributed by atoms with Crippen molar-refractivity contribution in [1.29, 1.82) is 0 Å². The monoisotopic (exact) mass is 286 g/mol. The first-order chi connectivity index (χ1) is 8.78. The molecule has 0 spiro atoms. The van der Waals surface area contributed by atoms with Crippen LogP contribution in [0.15, 0.2) is 24.3 Å². The molecule has 2 N–H and O–H groups in total. The van der Waals surface area contributed by atoms with Crippen LogP contribution in [0.3, 0.4) is 0 Å². The second-order valence-corrected chi connectivity index (χ2v) is 5.59. The van der Waals surface area contributed by atoms with Crippen LogP contribution in [0.2, 0.25) is 0 Å². The second-order valence-electron chi connectivity index (χ2n) is 4.85. The van der Waals surface area contributed by atoms with E-state index < -0.39 is 13.9 Å². The molecule has 0 radical (unpaired) electrons. The molecule has 1 rings (SSSR count). The fourth-order valence-corrected chi connectivity index (χ4v) is 1.40. The first-order valence-corrected chi connectivity index (χ1v) is 6.77. The van der Waals surface area contributed by atoms with Crippen molar-refractivity contribution in [3.63, 3.8) is 0 Å². The fourth-order valence-electron chi connectivity index (χ4n) is 1.14. The summed E-state index contributed by atoms with van der Waals surface area (Å²) in [4.78, 5) is 25.4. The van der Waals surface area contributed by atoms with E-state index in [1.165, 1.54) is 0 Å². The minimum atomic E-state index is -2.61. The van der Waals surface area contributed by atoms with E-state index >= 15 is 0 Å². The average molecular weight is 286 g/mol. The lowest BCUT2D eigenvalue weighted by molar-refractivity contribution is -0.0589. The van der Waals surface area contributed by atoms with Gasteiger partial charge in [0.25, 0.3) is 5.91 Å². The molecule has 0 heterocycles. The minimum Gasteiger partial charge on any atom is -0.268 e. The van der Waals surface area contributed by atoms with Gasteiger partial charge >= 0.3 is 8.25 Å². The normalized spacial score (nSPS) is 12.1. The third-order valence-corrected chi connectivity index (χ3v) is 2.36. The number of hydroxylamine groups is 1. The van der Waals surface area contributed by atoms with Gasteiger partial charge in [-0.3, -0.25) is 9.63 Å². The molecule has 1 aromatic carbocycles.